The normalized spacial score (nSPS) is 10.2. The van der Waals surface area contributed by atoms with Crippen molar-refractivity contribution >= 4 is 24.0 Å². The fourth-order valence-corrected chi connectivity index (χ4v) is 2.69. The van der Waals surface area contributed by atoms with Crippen LogP contribution in [0.3, 0.4) is 0 Å². The predicted octanol–water partition coefficient (Wildman–Crippen LogP) is 5.48. The van der Waals surface area contributed by atoms with E-state index in [1.807, 2.05) is 30.3 Å². The van der Waals surface area contributed by atoms with Gasteiger partial charge >= 0.3 is 0 Å². The zero-order valence-corrected chi connectivity index (χ0v) is 16.1. The number of halogens is 3. The van der Waals surface area contributed by atoms with Gasteiger partial charge < -0.3 is 15.2 Å². The fourth-order valence-electron chi connectivity index (χ4n) is 2.54. The molecule has 0 atom stereocenters. The largest absolute Gasteiger partial charge is 0.488 e. The first-order valence-electron chi connectivity index (χ1n) is 8.26. The van der Waals surface area contributed by atoms with Crippen molar-refractivity contribution in [2.24, 2.45) is 5.73 Å². The summed E-state index contributed by atoms with van der Waals surface area (Å²) >= 11 is 5.84. The molecule has 3 nitrogen and oxygen atoms in total. The third kappa shape index (κ3) is 5.60. The lowest BCUT2D eigenvalue weighted by Crippen LogP contribution is -2.11. The van der Waals surface area contributed by atoms with E-state index in [1.165, 1.54) is 6.07 Å². The first-order valence-corrected chi connectivity index (χ1v) is 8.64. The molecule has 0 radical (unpaired) electrons. The molecule has 0 unspecified atom stereocenters. The number of hydrogen-bond acceptors (Lipinski definition) is 3. The second-order valence-corrected chi connectivity index (χ2v) is 6.13. The third-order valence-electron chi connectivity index (χ3n) is 3.80. The van der Waals surface area contributed by atoms with Crippen LogP contribution in [0.1, 0.15) is 5.56 Å². The van der Waals surface area contributed by atoms with Crippen LogP contribution < -0.4 is 15.2 Å². The Morgan fingerprint density at radius 1 is 0.889 bits per heavy atom. The highest BCUT2D eigenvalue weighted by Gasteiger charge is 2.12. The summed E-state index contributed by atoms with van der Waals surface area (Å²) < 4.78 is 25.8. The molecule has 27 heavy (non-hydrogen) atoms. The average Bonchev–Trinajstić information content (AvgIpc) is 2.66. The highest BCUT2D eigenvalue weighted by atomic mass is 35.5. The minimum absolute atomic E-state index is 0. The smallest absolute Gasteiger partial charge is 0.162 e. The number of nitrogens with two attached hydrogens (primary N) is 1. The van der Waals surface area contributed by atoms with Crippen LogP contribution in [0, 0.1) is 5.82 Å². The molecule has 0 aliphatic rings. The molecule has 0 aromatic heterocycles. The van der Waals surface area contributed by atoms with Crippen LogP contribution in [0.5, 0.6) is 11.5 Å². The molecular formula is C21H20Cl2FNO2. The van der Waals surface area contributed by atoms with Gasteiger partial charge in [-0.25, -0.2) is 4.39 Å². The molecule has 0 amide bonds. The van der Waals surface area contributed by atoms with Gasteiger partial charge in [0.1, 0.15) is 19.0 Å². The van der Waals surface area contributed by atoms with Crippen LogP contribution in [0.25, 0.3) is 11.1 Å². The van der Waals surface area contributed by atoms with Crippen LogP contribution in [0.2, 0.25) is 5.02 Å². The maximum absolute atomic E-state index is 14.2. The average molecular weight is 408 g/mol. The van der Waals surface area contributed by atoms with Crippen molar-refractivity contribution in [3.8, 4) is 22.6 Å². The summed E-state index contributed by atoms with van der Waals surface area (Å²) in [4.78, 5) is 0. The summed E-state index contributed by atoms with van der Waals surface area (Å²) in [5, 5.41) is 0.356. The van der Waals surface area contributed by atoms with Crippen molar-refractivity contribution in [3.63, 3.8) is 0 Å². The third-order valence-corrected chi connectivity index (χ3v) is 4.03. The molecule has 3 aromatic carbocycles. The summed E-state index contributed by atoms with van der Waals surface area (Å²) in [6, 6.07) is 19.7. The van der Waals surface area contributed by atoms with Crippen LogP contribution in [-0.4, -0.2) is 13.2 Å². The highest BCUT2D eigenvalue weighted by Crippen LogP contribution is 2.35. The highest BCUT2D eigenvalue weighted by molar-refractivity contribution is 6.30. The Labute approximate surface area is 169 Å². The van der Waals surface area contributed by atoms with Crippen molar-refractivity contribution in [2.45, 2.75) is 6.61 Å². The standard InChI is InChI=1S/C21H19ClFNO2.ClH/c22-17-7-8-18(19(23)13-17)16-6-9-20(25-11-10-24)21(12-16)26-14-15-4-2-1-3-5-15;/h1-9,12-13H,10-11,14,24H2;1H. The van der Waals surface area contributed by atoms with E-state index in [-0.39, 0.29) is 18.2 Å². The van der Waals surface area contributed by atoms with Crippen molar-refractivity contribution < 1.29 is 13.9 Å². The maximum Gasteiger partial charge on any atom is 0.162 e. The summed E-state index contributed by atoms with van der Waals surface area (Å²) in [5.41, 5.74) is 7.68. The Hall–Kier alpha value is -2.27. The van der Waals surface area contributed by atoms with Crippen LogP contribution >= 0.6 is 24.0 Å². The summed E-state index contributed by atoms with van der Waals surface area (Å²) in [7, 11) is 0. The van der Waals surface area contributed by atoms with Crippen molar-refractivity contribution in [2.75, 3.05) is 13.2 Å². The molecule has 0 aliphatic heterocycles. The van der Waals surface area contributed by atoms with Gasteiger partial charge in [0, 0.05) is 17.1 Å². The van der Waals surface area contributed by atoms with Gasteiger partial charge in [0.05, 0.1) is 0 Å². The van der Waals surface area contributed by atoms with E-state index < -0.39 is 0 Å². The Kier molecular flexibility index (Phi) is 7.92. The van der Waals surface area contributed by atoms with Gasteiger partial charge in [-0.05, 0) is 41.5 Å². The van der Waals surface area contributed by atoms with Crippen LogP contribution in [-0.2, 0) is 6.61 Å². The van der Waals surface area contributed by atoms with Gasteiger partial charge in [-0.1, -0.05) is 48.0 Å². The monoisotopic (exact) mass is 407 g/mol. The van der Waals surface area contributed by atoms with E-state index in [1.54, 1.807) is 30.3 Å². The van der Waals surface area contributed by atoms with E-state index in [2.05, 4.69) is 0 Å². The molecule has 0 fully saturated rings. The van der Waals surface area contributed by atoms with Crippen molar-refractivity contribution in [3.05, 3.63) is 83.1 Å². The van der Waals surface area contributed by atoms with Gasteiger partial charge in [0.15, 0.2) is 11.5 Å². The topological polar surface area (TPSA) is 44.5 Å². The molecule has 6 heteroatoms. The summed E-state index contributed by atoms with van der Waals surface area (Å²) in [6.07, 6.45) is 0. The van der Waals surface area contributed by atoms with Gasteiger partial charge in [0.2, 0.25) is 0 Å². The van der Waals surface area contributed by atoms with Crippen LogP contribution in [0.15, 0.2) is 66.7 Å². The predicted molar refractivity (Wildman–Crippen MR) is 109 cm³/mol. The Morgan fingerprint density at radius 3 is 2.37 bits per heavy atom. The van der Waals surface area contributed by atoms with Gasteiger partial charge in [0.25, 0.3) is 0 Å². The van der Waals surface area contributed by atoms with Gasteiger partial charge in [-0.3, -0.25) is 0 Å². The molecule has 0 spiro atoms. The van der Waals surface area contributed by atoms with E-state index in [4.69, 9.17) is 26.8 Å². The second-order valence-electron chi connectivity index (χ2n) is 5.70. The first-order chi connectivity index (χ1) is 12.7. The Morgan fingerprint density at radius 2 is 1.67 bits per heavy atom. The van der Waals surface area contributed by atoms with Crippen molar-refractivity contribution in [1.29, 1.82) is 0 Å². The SMILES string of the molecule is Cl.NCCOc1ccc(-c2ccc(Cl)cc2F)cc1OCc1ccccc1. The molecular weight excluding hydrogens is 388 g/mol. The van der Waals surface area contributed by atoms with E-state index in [0.29, 0.717) is 47.4 Å². The molecule has 0 aliphatic carbocycles. The molecule has 3 aromatic rings. The van der Waals surface area contributed by atoms with Gasteiger partial charge in [-0.2, -0.15) is 0 Å². The number of hydrogen-bond donors (Lipinski definition) is 1. The molecule has 142 valence electrons. The lowest BCUT2D eigenvalue weighted by atomic mass is 10.0. The maximum atomic E-state index is 14.2. The molecule has 0 bridgehead atoms. The zero-order valence-electron chi connectivity index (χ0n) is 14.5. The molecule has 3 rings (SSSR count). The Bertz CT molecular complexity index is 875. The fraction of sp³-hybridized carbons (Fsp3) is 0.143. The Balaban J connectivity index is 0.00000261. The number of ether oxygens (including phenoxy) is 2. The lowest BCUT2D eigenvalue weighted by Gasteiger charge is -2.14. The minimum Gasteiger partial charge on any atom is -0.488 e. The summed E-state index contributed by atoms with van der Waals surface area (Å²) in [6.45, 7) is 1.15. The van der Waals surface area contributed by atoms with Gasteiger partial charge in [-0.15, -0.1) is 12.4 Å². The van der Waals surface area contributed by atoms with E-state index in [9.17, 15) is 4.39 Å². The first kappa shape index (κ1) is 21.0. The lowest BCUT2D eigenvalue weighted by molar-refractivity contribution is 0.266. The second kappa shape index (κ2) is 10.2. The van der Waals surface area contributed by atoms with Crippen LogP contribution in [0.4, 0.5) is 4.39 Å². The quantitative estimate of drug-likeness (QED) is 0.563. The molecule has 0 saturated heterocycles. The number of benzene rings is 3. The zero-order chi connectivity index (χ0) is 18.4. The minimum atomic E-state index is -0.387. The summed E-state index contributed by atoms with van der Waals surface area (Å²) in [5.74, 6) is 0.723. The molecule has 0 saturated carbocycles. The molecule has 0 heterocycles. The van der Waals surface area contributed by atoms with E-state index in [0.717, 1.165) is 5.56 Å². The van der Waals surface area contributed by atoms with E-state index >= 15 is 0 Å². The number of rotatable bonds is 7. The molecule has 2 N–H and O–H groups in total. The van der Waals surface area contributed by atoms with Crippen molar-refractivity contribution in [1.82, 2.24) is 0 Å².